The molecule has 0 unspecified atom stereocenters. The van der Waals surface area contributed by atoms with E-state index in [0.29, 0.717) is 22.8 Å². The van der Waals surface area contributed by atoms with Gasteiger partial charge in [0.1, 0.15) is 0 Å². The first-order valence-corrected chi connectivity index (χ1v) is 8.91. The number of anilines is 2. The molecule has 0 radical (unpaired) electrons. The lowest BCUT2D eigenvalue weighted by Gasteiger charge is -2.17. The first-order valence-electron chi connectivity index (χ1n) is 8.09. The third kappa shape index (κ3) is 4.97. The molecule has 1 aromatic heterocycles. The molecule has 0 atom stereocenters. The molecule has 11 heteroatoms. The number of aromatic nitrogens is 1. The number of hydrogen-bond acceptors (Lipinski definition) is 4. The summed E-state index contributed by atoms with van der Waals surface area (Å²) in [5.74, 6) is -0.779. The minimum Gasteiger partial charge on any atom is -0.342 e. The average molecular weight is 433 g/mol. The smallest absolute Gasteiger partial charge is 0.342 e. The van der Waals surface area contributed by atoms with E-state index >= 15 is 0 Å². The Kier molecular flexibility index (Phi) is 5.44. The molecule has 154 valence electrons. The van der Waals surface area contributed by atoms with Crippen molar-refractivity contribution in [3.8, 4) is 0 Å². The summed E-state index contributed by atoms with van der Waals surface area (Å²) in [6.45, 7) is -0.308. The fraction of sp³-hybridized carbons (Fsp3) is 0.222. The monoisotopic (exact) mass is 433 g/mol. The predicted molar refractivity (Wildman–Crippen MR) is 98.0 cm³/mol. The summed E-state index contributed by atoms with van der Waals surface area (Å²) in [6.07, 6.45) is -9.98. The molecule has 2 aromatic carbocycles. The van der Waals surface area contributed by atoms with Crippen LogP contribution in [0, 0.1) is 0 Å². The van der Waals surface area contributed by atoms with Crippen LogP contribution < -0.4 is 10.2 Å². The number of nitrogens with zero attached hydrogens (tertiary/aromatic N) is 2. The molecule has 0 aliphatic rings. The molecule has 0 bridgehead atoms. The lowest BCUT2D eigenvalue weighted by atomic mass is 10.1. The minimum atomic E-state index is -4.99. The number of halogens is 6. The van der Waals surface area contributed by atoms with Gasteiger partial charge in [-0.25, -0.2) is 4.98 Å². The molecule has 0 saturated carbocycles. The van der Waals surface area contributed by atoms with Crippen LogP contribution in [0.15, 0.2) is 42.5 Å². The number of alkyl halides is 6. The predicted octanol–water partition coefficient (Wildman–Crippen LogP) is 5.41. The molecule has 29 heavy (non-hydrogen) atoms. The molecule has 3 rings (SSSR count). The van der Waals surface area contributed by atoms with Crippen molar-refractivity contribution in [2.24, 2.45) is 0 Å². The second kappa shape index (κ2) is 7.54. The summed E-state index contributed by atoms with van der Waals surface area (Å²) >= 11 is 1.30. The Morgan fingerprint density at radius 2 is 1.62 bits per heavy atom. The number of amides is 1. The summed E-state index contributed by atoms with van der Waals surface area (Å²) in [4.78, 5) is 18.0. The van der Waals surface area contributed by atoms with Crippen LogP contribution in [0.1, 0.15) is 11.1 Å². The maximum atomic E-state index is 12.9. The van der Waals surface area contributed by atoms with E-state index in [1.54, 1.807) is 19.2 Å². The largest absolute Gasteiger partial charge is 0.416 e. The summed E-state index contributed by atoms with van der Waals surface area (Å²) < 4.78 is 78.3. The van der Waals surface area contributed by atoms with Crippen molar-refractivity contribution in [3.63, 3.8) is 0 Å². The number of hydrogen-bond donors (Lipinski definition) is 1. The first-order chi connectivity index (χ1) is 13.4. The number of rotatable bonds is 4. The average Bonchev–Trinajstić information content (AvgIpc) is 3.04. The van der Waals surface area contributed by atoms with E-state index < -0.39 is 35.1 Å². The van der Waals surface area contributed by atoms with Crippen molar-refractivity contribution in [2.75, 3.05) is 23.8 Å². The maximum absolute atomic E-state index is 12.9. The number of nitrogens with one attached hydrogen (secondary N) is 1. The number of carbonyl (C=O) groups excluding carboxylic acids is 1. The molecule has 1 heterocycles. The highest BCUT2D eigenvalue weighted by Gasteiger charge is 2.37. The molecular weight excluding hydrogens is 420 g/mol. The van der Waals surface area contributed by atoms with Gasteiger partial charge in [0.25, 0.3) is 0 Å². The zero-order valence-corrected chi connectivity index (χ0v) is 15.5. The van der Waals surface area contributed by atoms with E-state index in [4.69, 9.17) is 0 Å². The van der Waals surface area contributed by atoms with E-state index in [1.807, 2.05) is 12.1 Å². The highest BCUT2D eigenvalue weighted by atomic mass is 32.1. The maximum Gasteiger partial charge on any atom is 0.416 e. The molecule has 1 amide bonds. The summed E-state index contributed by atoms with van der Waals surface area (Å²) in [5, 5.41) is 2.58. The normalized spacial score (nSPS) is 12.2. The van der Waals surface area contributed by atoms with E-state index in [1.165, 1.54) is 16.2 Å². The summed E-state index contributed by atoms with van der Waals surface area (Å²) in [7, 11) is 1.55. The second-order valence-electron chi connectivity index (χ2n) is 6.16. The van der Waals surface area contributed by atoms with E-state index in [2.05, 4.69) is 10.3 Å². The van der Waals surface area contributed by atoms with Gasteiger partial charge in [-0.1, -0.05) is 23.5 Å². The van der Waals surface area contributed by atoms with E-state index in [-0.39, 0.29) is 12.6 Å². The third-order valence-corrected chi connectivity index (χ3v) is 5.01. The van der Waals surface area contributed by atoms with Gasteiger partial charge in [-0.3, -0.25) is 4.79 Å². The number of benzene rings is 2. The van der Waals surface area contributed by atoms with Crippen molar-refractivity contribution >= 4 is 38.3 Å². The molecule has 0 spiro atoms. The highest BCUT2D eigenvalue weighted by molar-refractivity contribution is 7.22. The Hall–Kier alpha value is -2.82. The molecule has 0 fully saturated rings. The van der Waals surface area contributed by atoms with Crippen molar-refractivity contribution in [2.45, 2.75) is 12.4 Å². The van der Waals surface area contributed by atoms with Crippen molar-refractivity contribution in [1.29, 1.82) is 0 Å². The van der Waals surface area contributed by atoms with Gasteiger partial charge in [0.2, 0.25) is 5.91 Å². The van der Waals surface area contributed by atoms with Gasteiger partial charge < -0.3 is 10.2 Å². The Labute approximate surface area is 164 Å². The lowest BCUT2D eigenvalue weighted by Crippen LogP contribution is -2.30. The molecular formula is C18H13F6N3OS. The lowest BCUT2D eigenvalue weighted by molar-refractivity contribution is -0.143. The third-order valence-electron chi connectivity index (χ3n) is 3.86. The van der Waals surface area contributed by atoms with Crippen LogP contribution in [-0.2, 0) is 17.1 Å². The van der Waals surface area contributed by atoms with Crippen molar-refractivity contribution in [3.05, 3.63) is 53.6 Å². The molecule has 1 N–H and O–H groups in total. The number of carbonyl (C=O) groups is 1. The number of para-hydroxylation sites is 1. The van der Waals surface area contributed by atoms with Crippen LogP contribution in [-0.4, -0.2) is 24.5 Å². The standard InChI is InChI=1S/C18H13F6N3OS/c1-27(16-26-13-4-2-3-5-14(13)29-16)9-15(28)25-12-7-10(17(19,20)21)6-11(8-12)18(22,23)24/h2-8H,9H2,1H3,(H,25,28). The minimum absolute atomic E-state index is 0.00288. The molecule has 3 aromatic rings. The Morgan fingerprint density at radius 1 is 1.03 bits per heavy atom. The van der Waals surface area contributed by atoms with Crippen LogP contribution in [0.3, 0.4) is 0 Å². The fourth-order valence-corrected chi connectivity index (χ4v) is 3.46. The Balaban J connectivity index is 1.78. The zero-order chi connectivity index (χ0) is 21.4. The fourth-order valence-electron chi connectivity index (χ4n) is 2.53. The van der Waals surface area contributed by atoms with Gasteiger partial charge in [-0.15, -0.1) is 0 Å². The quantitative estimate of drug-likeness (QED) is 0.560. The van der Waals surface area contributed by atoms with Crippen LogP contribution in [0.4, 0.5) is 37.2 Å². The van der Waals surface area contributed by atoms with Crippen molar-refractivity contribution in [1.82, 2.24) is 4.98 Å². The molecule has 0 aliphatic carbocycles. The number of thiazole rings is 1. The molecule has 0 saturated heterocycles. The van der Waals surface area contributed by atoms with Gasteiger partial charge >= 0.3 is 12.4 Å². The van der Waals surface area contributed by atoms with Gasteiger partial charge in [-0.2, -0.15) is 26.3 Å². The van der Waals surface area contributed by atoms with Crippen molar-refractivity contribution < 1.29 is 31.1 Å². The number of fused-ring (bicyclic) bond motifs is 1. The summed E-state index contributed by atoms with van der Waals surface area (Å²) in [6, 6.07) is 8.17. The summed E-state index contributed by atoms with van der Waals surface area (Å²) in [5.41, 5.74) is -2.87. The van der Waals surface area contributed by atoms with Gasteiger partial charge in [0.15, 0.2) is 5.13 Å². The van der Waals surface area contributed by atoms with Gasteiger partial charge in [-0.05, 0) is 30.3 Å². The topological polar surface area (TPSA) is 45.2 Å². The Morgan fingerprint density at radius 3 is 2.17 bits per heavy atom. The first kappa shape index (κ1) is 20.9. The molecule has 4 nitrogen and oxygen atoms in total. The van der Waals surface area contributed by atoms with Crippen LogP contribution >= 0.6 is 11.3 Å². The van der Waals surface area contributed by atoms with Crippen LogP contribution in [0.2, 0.25) is 0 Å². The van der Waals surface area contributed by atoms with Gasteiger partial charge in [0, 0.05) is 12.7 Å². The van der Waals surface area contributed by atoms with Crippen LogP contribution in [0.5, 0.6) is 0 Å². The van der Waals surface area contributed by atoms with E-state index in [0.717, 1.165) is 4.70 Å². The molecule has 0 aliphatic heterocycles. The highest BCUT2D eigenvalue weighted by Crippen LogP contribution is 2.37. The van der Waals surface area contributed by atoms with E-state index in [9.17, 15) is 31.1 Å². The van der Waals surface area contributed by atoms with Gasteiger partial charge in [0.05, 0.1) is 27.9 Å². The van der Waals surface area contributed by atoms with Crippen LogP contribution in [0.25, 0.3) is 10.2 Å². The SMILES string of the molecule is CN(CC(=O)Nc1cc(C(F)(F)F)cc(C(F)(F)F)c1)c1nc2ccccc2s1. The Bertz CT molecular complexity index is 979. The second-order valence-corrected chi connectivity index (χ2v) is 7.17. The number of likely N-dealkylation sites (N-methyl/N-ethyl adjacent to an activating group) is 1. The zero-order valence-electron chi connectivity index (χ0n) is 14.7.